The molecule has 21 heavy (non-hydrogen) atoms. The van der Waals surface area contributed by atoms with Crippen molar-refractivity contribution in [1.82, 2.24) is 0 Å². The maximum Gasteiger partial charge on any atom is 0.269 e. The van der Waals surface area contributed by atoms with Gasteiger partial charge in [0.2, 0.25) is 5.91 Å². The molecule has 0 aliphatic carbocycles. The molecule has 1 atom stereocenters. The van der Waals surface area contributed by atoms with Gasteiger partial charge in [-0.15, -0.1) is 0 Å². The first-order chi connectivity index (χ1) is 9.99. The highest BCUT2D eigenvalue weighted by Gasteiger charge is 2.17. The van der Waals surface area contributed by atoms with Gasteiger partial charge in [0.05, 0.1) is 16.5 Å². The van der Waals surface area contributed by atoms with E-state index < -0.39 is 16.7 Å². The number of carbonyl (C=O) groups is 1. The van der Waals surface area contributed by atoms with Crippen LogP contribution >= 0.6 is 0 Å². The molecule has 0 aliphatic heterocycles. The van der Waals surface area contributed by atoms with Gasteiger partial charge in [0.1, 0.15) is 5.82 Å². The molecule has 2 aromatic carbocycles. The van der Waals surface area contributed by atoms with E-state index in [-0.39, 0.29) is 17.3 Å². The van der Waals surface area contributed by atoms with Gasteiger partial charge in [-0.2, -0.15) is 0 Å². The third kappa shape index (κ3) is 3.42. The second-order valence-electron chi connectivity index (χ2n) is 4.54. The van der Waals surface area contributed by atoms with Gasteiger partial charge in [0, 0.05) is 12.1 Å². The lowest BCUT2D eigenvalue weighted by atomic mass is 10.00. The fourth-order valence-corrected chi connectivity index (χ4v) is 1.84. The molecule has 1 amide bonds. The highest BCUT2D eigenvalue weighted by atomic mass is 19.1. The third-order valence-electron chi connectivity index (χ3n) is 3.13. The maximum atomic E-state index is 13.5. The minimum Gasteiger partial charge on any atom is -0.323 e. The molecule has 0 spiro atoms. The molecule has 0 radical (unpaired) electrons. The number of para-hydroxylation sites is 1. The fraction of sp³-hybridized carbons (Fsp3) is 0.133. The van der Waals surface area contributed by atoms with Crippen LogP contribution < -0.4 is 5.32 Å². The van der Waals surface area contributed by atoms with Crippen LogP contribution in [0.4, 0.5) is 15.8 Å². The largest absolute Gasteiger partial charge is 0.323 e. The van der Waals surface area contributed by atoms with E-state index in [9.17, 15) is 19.3 Å². The van der Waals surface area contributed by atoms with Gasteiger partial charge >= 0.3 is 0 Å². The number of amides is 1. The second kappa shape index (κ2) is 6.13. The molecule has 0 aromatic heterocycles. The van der Waals surface area contributed by atoms with Crippen LogP contribution in [0.15, 0.2) is 48.5 Å². The lowest BCUT2D eigenvalue weighted by molar-refractivity contribution is -0.384. The zero-order valence-corrected chi connectivity index (χ0v) is 11.2. The number of benzene rings is 2. The Morgan fingerprint density at radius 3 is 2.38 bits per heavy atom. The van der Waals surface area contributed by atoms with Gasteiger partial charge in [-0.25, -0.2) is 4.39 Å². The number of nitrogens with one attached hydrogen (secondary N) is 1. The van der Waals surface area contributed by atoms with Crippen molar-refractivity contribution in [3.63, 3.8) is 0 Å². The van der Waals surface area contributed by atoms with Crippen molar-refractivity contribution in [1.29, 1.82) is 0 Å². The monoisotopic (exact) mass is 288 g/mol. The van der Waals surface area contributed by atoms with Gasteiger partial charge in [-0.3, -0.25) is 14.9 Å². The normalized spacial score (nSPS) is 11.7. The Bertz CT molecular complexity index is 671. The van der Waals surface area contributed by atoms with Crippen molar-refractivity contribution in [2.24, 2.45) is 0 Å². The summed E-state index contributed by atoms with van der Waals surface area (Å²) in [7, 11) is 0. The molecule has 0 bridgehead atoms. The summed E-state index contributed by atoms with van der Waals surface area (Å²) >= 11 is 0. The highest BCUT2D eigenvalue weighted by Crippen LogP contribution is 2.21. The summed E-state index contributed by atoms with van der Waals surface area (Å²) in [5.41, 5.74) is 0.686. The minimum absolute atomic E-state index is 0.0412. The number of non-ortho nitro benzene ring substituents is 1. The number of hydrogen-bond donors (Lipinski definition) is 1. The molecule has 108 valence electrons. The van der Waals surface area contributed by atoms with Crippen LogP contribution in [0, 0.1) is 15.9 Å². The van der Waals surface area contributed by atoms with Gasteiger partial charge in [-0.05, 0) is 24.6 Å². The van der Waals surface area contributed by atoms with Crippen LogP contribution in [0.5, 0.6) is 0 Å². The standard InChI is InChI=1S/C15H13FN2O3/c1-10(11-6-8-12(9-7-11)18(20)21)15(19)17-14-5-3-2-4-13(14)16/h2-10H,1H3,(H,17,19). The number of hydrogen-bond acceptors (Lipinski definition) is 3. The average molecular weight is 288 g/mol. The Labute approximate surface area is 120 Å². The van der Waals surface area contributed by atoms with Crippen molar-refractivity contribution in [3.05, 3.63) is 70.0 Å². The van der Waals surface area contributed by atoms with E-state index in [0.29, 0.717) is 5.56 Å². The molecule has 2 rings (SSSR count). The van der Waals surface area contributed by atoms with E-state index in [2.05, 4.69) is 5.32 Å². The summed E-state index contributed by atoms with van der Waals surface area (Å²) in [6.45, 7) is 1.65. The molecular formula is C15H13FN2O3. The minimum atomic E-state index is -0.551. The van der Waals surface area contributed by atoms with Crippen LogP contribution in [0.1, 0.15) is 18.4 Å². The first kappa shape index (κ1) is 14.6. The Kier molecular flexibility index (Phi) is 4.27. The summed E-state index contributed by atoms with van der Waals surface area (Å²) in [5.74, 6) is -1.44. The second-order valence-corrected chi connectivity index (χ2v) is 4.54. The van der Waals surface area contributed by atoms with Crippen molar-refractivity contribution < 1.29 is 14.1 Å². The number of rotatable bonds is 4. The molecule has 5 nitrogen and oxygen atoms in total. The van der Waals surface area contributed by atoms with E-state index >= 15 is 0 Å². The third-order valence-corrected chi connectivity index (χ3v) is 3.13. The predicted molar refractivity (Wildman–Crippen MR) is 76.5 cm³/mol. The first-order valence-corrected chi connectivity index (χ1v) is 6.29. The Morgan fingerprint density at radius 2 is 1.81 bits per heavy atom. The molecule has 0 heterocycles. The topological polar surface area (TPSA) is 72.2 Å². The molecule has 1 unspecified atom stereocenters. The quantitative estimate of drug-likeness (QED) is 0.691. The number of carbonyl (C=O) groups excluding carboxylic acids is 1. The first-order valence-electron chi connectivity index (χ1n) is 6.29. The van der Waals surface area contributed by atoms with Crippen molar-refractivity contribution in [2.45, 2.75) is 12.8 Å². The summed E-state index contributed by atoms with van der Waals surface area (Å²) in [4.78, 5) is 22.1. The summed E-state index contributed by atoms with van der Waals surface area (Å²) in [6, 6.07) is 11.6. The molecule has 0 aliphatic rings. The number of halogens is 1. The Balaban J connectivity index is 2.12. The molecule has 2 aromatic rings. The maximum absolute atomic E-state index is 13.5. The van der Waals surface area contributed by atoms with Crippen molar-refractivity contribution in [2.75, 3.05) is 5.32 Å². The Morgan fingerprint density at radius 1 is 1.19 bits per heavy atom. The van der Waals surface area contributed by atoms with Gasteiger partial charge in [-0.1, -0.05) is 24.3 Å². The van der Waals surface area contributed by atoms with E-state index in [1.54, 1.807) is 13.0 Å². The van der Waals surface area contributed by atoms with Gasteiger partial charge in [0.25, 0.3) is 5.69 Å². The summed E-state index contributed by atoms with van der Waals surface area (Å²) in [6.07, 6.45) is 0. The number of anilines is 1. The molecular weight excluding hydrogens is 275 g/mol. The van der Waals surface area contributed by atoms with Crippen molar-refractivity contribution in [3.8, 4) is 0 Å². The molecule has 6 heteroatoms. The summed E-state index contributed by atoms with van der Waals surface area (Å²) < 4.78 is 13.5. The van der Waals surface area contributed by atoms with Crippen LogP contribution in [0.25, 0.3) is 0 Å². The lowest BCUT2D eigenvalue weighted by Gasteiger charge is -2.12. The van der Waals surface area contributed by atoms with Crippen LogP contribution in [0.2, 0.25) is 0 Å². The Hall–Kier alpha value is -2.76. The zero-order valence-electron chi connectivity index (χ0n) is 11.2. The fourth-order valence-electron chi connectivity index (χ4n) is 1.84. The van der Waals surface area contributed by atoms with Crippen molar-refractivity contribution >= 4 is 17.3 Å². The van der Waals surface area contributed by atoms with Crippen LogP contribution in [-0.4, -0.2) is 10.8 Å². The van der Waals surface area contributed by atoms with E-state index in [0.717, 1.165) is 0 Å². The average Bonchev–Trinajstić information content (AvgIpc) is 2.49. The number of nitrogens with zero attached hydrogens (tertiary/aromatic N) is 1. The molecule has 0 saturated carbocycles. The molecule has 1 N–H and O–H groups in total. The predicted octanol–water partition coefficient (Wildman–Crippen LogP) is 3.48. The lowest BCUT2D eigenvalue weighted by Crippen LogP contribution is -2.19. The molecule has 0 saturated heterocycles. The number of nitro groups is 1. The van der Waals surface area contributed by atoms with E-state index in [1.165, 1.54) is 42.5 Å². The van der Waals surface area contributed by atoms with E-state index in [4.69, 9.17) is 0 Å². The highest BCUT2D eigenvalue weighted by molar-refractivity contribution is 5.95. The van der Waals surface area contributed by atoms with Gasteiger partial charge < -0.3 is 5.32 Å². The summed E-state index contributed by atoms with van der Waals surface area (Å²) in [5, 5.41) is 13.1. The van der Waals surface area contributed by atoms with Gasteiger partial charge in [0.15, 0.2) is 0 Å². The SMILES string of the molecule is CC(C(=O)Nc1ccccc1F)c1ccc([N+](=O)[O-])cc1. The van der Waals surface area contributed by atoms with Crippen LogP contribution in [0.3, 0.4) is 0 Å². The van der Waals surface area contributed by atoms with E-state index in [1.807, 2.05) is 0 Å². The zero-order chi connectivity index (χ0) is 15.4. The smallest absolute Gasteiger partial charge is 0.269 e. The van der Waals surface area contributed by atoms with Crippen LogP contribution in [-0.2, 0) is 4.79 Å². The molecule has 0 fully saturated rings. The number of nitro benzene ring substituents is 1.